The molecule has 166 valence electrons. The van der Waals surface area contributed by atoms with Crippen LogP contribution in [-0.2, 0) is 14.8 Å². The van der Waals surface area contributed by atoms with Gasteiger partial charge in [-0.1, -0.05) is 49.2 Å². The number of anilines is 1. The van der Waals surface area contributed by atoms with Gasteiger partial charge < -0.3 is 5.32 Å². The van der Waals surface area contributed by atoms with Crippen molar-refractivity contribution in [3.8, 4) is 0 Å². The fourth-order valence-electron chi connectivity index (χ4n) is 4.54. The van der Waals surface area contributed by atoms with Gasteiger partial charge in [0, 0.05) is 18.8 Å². The number of benzene rings is 2. The Bertz CT molecular complexity index is 980. The molecule has 0 aliphatic carbocycles. The van der Waals surface area contributed by atoms with Crippen molar-refractivity contribution >= 4 is 21.6 Å². The van der Waals surface area contributed by atoms with Gasteiger partial charge in [-0.25, -0.2) is 8.42 Å². The summed E-state index contributed by atoms with van der Waals surface area (Å²) in [5.41, 5.74) is 1.47. The molecule has 2 fully saturated rings. The predicted octanol–water partition coefficient (Wildman–Crippen LogP) is 4.03. The normalized spacial score (nSPS) is 19.6. The van der Waals surface area contributed by atoms with E-state index in [-0.39, 0.29) is 16.8 Å². The number of nitrogens with one attached hydrogen (secondary N) is 1. The molecule has 4 rings (SSSR count). The van der Waals surface area contributed by atoms with Crippen molar-refractivity contribution in [1.82, 2.24) is 9.21 Å². The Morgan fingerprint density at radius 2 is 1.45 bits per heavy atom. The number of amides is 1. The molecule has 2 aromatic carbocycles. The molecule has 6 nitrogen and oxygen atoms in total. The van der Waals surface area contributed by atoms with Crippen molar-refractivity contribution in [2.45, 2.75) is 49.5 Å². The number of hydrogen-bond donors (Lipinski definition) is 1. The molecule has 2 saturated heterocycles. The van der Waals surface area contributed by atoms with E-state index in [2.05, 4.69) is 10.2 Å². The third-order valence-corrected chi connectivity index (χ3v) is 8.07. The molecule has 0 saturated carbocycles. The van der Waals surface area contributed by atoms with Crippen LogP contribution in [0.2, 0.25) is 0 Å². The van der Waals surface area contributed by atoms with Crippen LogP contribution in [0.5, 0.6) is 0 Å². The summed E-state index contributed by atoms with van der Waals surface area (Å²) in [7, 11) is -3.56. The SMILES string of the molecule is O=C(Nc1cccc(S(=O)(=O)N2CCCCCC2)c1)C(c1ccccc1)N1CCCC1. The van der Waals surface area contributed by atoms with E-state index in [1.807, 2.05) is 30.3 Å². The number of carbonyl (C=O) groups excluding carboxylic acids is 1. The monoisotopic (exact) mass is 441 g/mol. The van der Waals surface area contributed by atoms with Crippen LogP contribution >= 0.6 is 0 Å². The molecular weight excluding hydrogens is 410 g/mol. The zero-order valence-corrected chi connectivity index (χ0v) is 18.7. The van der Waals surface area contributed by atoms with Crippen LogP contribution in [0, 0.1) is 0 Å². The van der Waals surface area contributed by atoms with Crippen LogP contribution in [0.1, 0.15) is 50.1 Å². The molecule has 2 heterocycles. The molecule has 0 bridgehead atoms. The van der Waals surface area contributed by atoms with Crippen LogP contribution in [-0.4, -0.2) is 49.7 Å². The van der Waals surface area contributed by atoms with E-state index in [4.69, 9.17) is 0 Å². The first-order valence-electron chi connectivity index (χ1n) is 11.3. The van der Waals surface area contributed by atoms with Crippen LogP contribution in [0.3, 0.4) is 0 Å². The fourth-order valence-corrected chi connectivity index (χ4v) is 6.10. The highest BCUT2D eigenvalue weighted by atomic mass is 32.2. The van der Waals surface area contributed by atoms with E-state index in [1.54, 1.807) is 28.6 Å². The van der Waals surface area contributed by atoms with E-state index < -0.39 is 10.0 Å². The number of nitrogens with zero attached hydrogens (tertiary/aromatic N) is 2. The molecule has 31 heavy (non-hydrogen) atoms. The Balaban J connectivity index is 1.55. The van der Waals surface area contributed by atoms with Gasteiger partial charge in [0.25, 0.3) is 0 Å². The van der Waals surface area contributed by atoms with Gasteiger partial charge in [-0.2, -0.15) is 4.31 Å². The predicted molar refractivity (Wildman–Crippen MR) is 122 cm³/mol. The lowest BCUT2D eigenvalue weighted by molar-refractivity contribution is -0.121. The first-order valence-corrected chi connectivity index (χ1v) is 12.7. The number of carbonyl (C=O) groups is 1. The number of hydrogen-bond acceptors (Lipinski definition) is 4. The summed E-state index contributed by atoms with van der Waals surface area (Å²) < 4.78 is 27.9. The van der Waals surface area contributed by atoms with Gasteiger partial charge in [0.05, 0.1) is 4.90 Å². The molecule has 1 amide bonds. The molecule has 2 aromatic rings. The second-order valence-electron chi connectivity index (χ2n) is 8.39. The highest BCUT2D eigenvalue weighted by Crippen LogP contribution is 2.28. The van der Waals surface area contributed by atoms with E-state index >= 15 is 0 Å². The zero-order chi connectivity index (χ0) is 21.7. The van der Waals surface area contributed by atoms with E-state index in [1.165, 1.54) is 0 Å². The first kappa shape index (κ1) is 22.0. The van der Waals surface area contributed by atoms with E-state index in [0.29, 0.717) is 18.8 Å². The summed E-state index contributed by atoms with van der Waals surface area (Å²) >= 11 is 0. The number of sulfonamides is 1. The molecule has 0 spiro atoms. The summed E-state index contributed by atoms with van der Waals surface area (Å²) in [6.45, 7) is 2.89. The van der Waals surface area contributed by atoms with E-state index in [0.717, 1.165) is 57.2 Å². The molecule has 0 radical (unpaired) electrons. The maximum absolute atomic E-state index is 13.3. The summed E-state index contributed by atoms with van der Waals surface area (Å²) in [6, 6.07) is 16.1. The average Bonchev–Trinajstić information content (AvgIpc) is 3.15. The first-order chi connectivity index (χ1) is 15.1. The average molecular weight is 442 g/mol. The Kier molecular flexibility index (Phi) is 7.05. The van der Waals surface area contributed by atoms with Crippen molar-refractivity contribution in [2.75, 3.05) is 31.5 Å². The zero-order valence-electron chi connectivity index (χ0n) is 17.9. The molecule has 7 heteroatoms. The summed E-state index contributed by atoms with van der Waals surface area (Å²) in [6.07, 6.45) is 6.09. The third kappa shape index (κ3) is 5.17. The summed E-state index contributed by atoms with van der Waals surface area (Å²) in [5.74, 6) is -0.127. The molecule has 2 aliphatic heterocycles. The Morgan fingerprint density at radius 1 is 0.806 bits per heavy atom. The van der Waals surface area contributed by atoms with Crippen molar-refractivity contribution in [1.29, 1.82) is 0 Å². The Hall–Kier alpha value is -2.22. The quantitative estimate of drug-likeness (QED) is 0.735. The van der Waals surface area contributed by atoms with E-state index in [9.17, 15) is 13.2 Å². The number of rotatable bonds is 6. The fraction of sp³-hybridized carbons (Fsp3) is 0.458. The Morgan fingerprint density at radius 3 is 2.13 bits per heavy atom. The van der Waals surface area contributed by atoms with Crippen LogP contribution in [0.15, 0.2) is 59.5 Å². The Labute approximate surface area is 185 Å². The van der Waals surface area contributed by atoms with Crippen LogP contribution in [0.25, 0.3) is 0 Å². The van der Waals surface area contributed by atoms with Gasteiger partial charge >= 0.3 is 0 Å². The van der Waals surface area contributed by atoms with Gasteiger partial charge in [-0.05, 0) is 62.5 Å². The maximum atomic E-state index is 13.3. The lowest BCUT2D eigenvalue weighted by atomic mass is 10.0. The third-order valence-electron chi connectivity index (χ3n) is 6.17. The number of likely N-dealkylation sites (tertiary alicyclic amines) is 1. The van der Waals surface area contributed by atoms with Gasteiger partial charge in [0.1, 0.15) is 6.04 Å². The molecule has 1 N–H and O–H groups in total. The maximum Gasteiger partial charge on any atom is 0.246 e. The molecule has 2 aliphatic rings. The molecule has 1 atom stereocenters. The highest BCUT2D eigenvalue weighted by Gasteiger charge is 2.30. The minimum absolute atomic E-state index is 0.127. The summed E-state index contributed by atoms with van der Waals surface area (Å²) in [5, 5.41) is 2.98. The van der Waals surface area contributed by atoms with Gasteiger partial charge in [-0.15, -0.1) is 0 Å². The summed E-state index contributed by atoms with van der Waals surface area (Å²) in [4.78, 5) is 15.7. The van der Waals surface area contributed by atoms with Crippen LogP contribution < -0.4 is 5.32 Å². The lowest BCUT2D eigenvalue weighted by Crippen LogP contribution is -2.35. The molecule has 1 unspecified atom stereocenters. The highest BCUT2D eigenvalue weighted by molar-refractivity contribution is 7.89. The van der Waals surface area contributed by atoms with Gasteiger partial charge in [0.15, 0.2) is 0 Å². The molecule has 0 aromatic heterocycles. The van der Waals surface area contributed by atoms with Gasteiger partial charge in [0.2, 0.25) is 15.9 Å². The van der Waals surface area contributed by atoms with Crippen molar-refractivity contribution in [3.63, 3.8) is 0 Å². The second-order valence-corrected chi connectivity index (χ2v) is 10.3. The largest absolute Gasteiger partial charge is 0.324 e. The standard InChI is InChI=1S/C24H31N3O3S/c28-24(23(26-15-8-9-16-26)20-11-4-3-5-12-20)25-21-13-10-14-22(19-21)31(29,30)27-17-6-1-2-7-18-27/h3-5,10-14,19,23H,1-2,6-9,15-18H2,(H,25,28). The molecular formula is C24H31N3O3S. The second kappa shape index (κ2) is 9.94. The van der Waals surface area contributed by atoms with Gasteiger partial charge in [-0.3, -0.25) is 9.69 Å². The van der Waals surface area contributed by atoms with Crippen molar-refractivity contribution < 1.29 is 13.2 Å². The topological polar surface area (TPSA) is 69.7 Å². The minimum Gasteiger partial charge on any atom is -0.324 e. The lowest BCUT2D eigenvalue weighted by Gasteiger charge is -2.27. The van der Waals surface area contributed by atoms with Crippen LogP contribution in [0.4, 0.5) is 5.69 Å². The van der Waals surface area contributed by atoms with Crippen molar-refractivity contribution in [2.24, 2.45) is 0 Å². The minimum atomic E-state index is -3.56. The smallest absolute Gasteiger partial charge is 0.246 e. The van der Waals surface area contributed by atoms with Crippen molar-refractivity contribution in [3.05, 3.63) is 60.2 Å².